The number of benzene rings is 1. The van der Waals surface area contributed by atoms with Gasteiger partial charge in [0.05, 0.1) is 17.0 Å². The van der Waals surface area contributed by atoms with Gasteiger partial charge in [0, 0.05) is 7.92 Å². The van der Waals surface area contributed by atoms with Gasteiger partial charge in [-0.15, -0.1) is 29.7 Å². The number of rotatable bonds is 3. The van der Waals surface area contributed by atoms with Crippen LogP contribution in [0.25, 0.3) is 10.8 Å². The van der Waals surface area contributed by atoms with Crippen molar-refractivity contribution >= 4 is 18.7 Å². The molecule has 3 aliphatic rings. The van der Waals surface area contributed by atoms with E-state index in [0.717, 1.165) is 0 Å². The van der Waals surface area contributed by atoms with Crippen molar-refractivity contribution in [1.82, 2.24) is 0 Å². The Morgan fingerprint density at radius 2 is 1.03 bits per heavy atom. The zero-order valence-electron chi connectivity index (χ0n) is 19.2. The van der Waals surface area contributed by atoms with E-state index in [0.29, 0.717) is 0 Å². The van der Waals surface area contributed by atoms with Crippen LogP contribution in [-0.2, 0) is 16.5 Å². The third-order valence-electron chi connectivity index (χ3n) is 7.78. The smallest absolute Gasteiger partial charge is 0.358 e. The molecule has 0 saturated heterocycles. The molecular weight excluding hydrogens is 426 g/mol. The Bertz CT molecular complexity index is 602. The van der Waals surface area contributed by atoms with Crippen LogP contribution in [0.4, 0.5) is 0 Å². The zero-order valence-corrected chi connectivity index (χ0v) is 21.2. The predicted octanol–water partition coefficient (Wildman–Crippen LogP) is 9.21. The van der Waals surface area contributed by atoms with E-state index in [-0.39, 0.29) is 31.8 Å². The topological polar surface area (TPSA) is 0 Å². The molecule has 170 valence electrons. The van der Waals surface area contributed by atoms with Crippen molar-refractivity contribution in [1.29, 1.82) is 0 Å². The van der Waals surface area contributed by atoms with Gasteiger partial charge in [-0.1, -0.05) is 25.3 Å². The molecule has 0 amide bonds. The second kappa shape index (κ2) is 14.0. The molecule has 0 nitrogen and oxygen atoms in total. The average Bonchev–Trinajstić information content (AvgIpc) is 3.26. The average molecular weight is 470 g/mol. The van der Waals surface area contributed by atoms with Crippen molar-refractivity contribution in [2.75, 3.05) is 0 Å². The van der Waals surface area contributed by atoms with E-state index in [2.05, 4.69) is 42.5 Å². The molecule has 0 heterocycles. The van der Waals surface area contributed by atoms with Gasteiger partial charge in [0.1, 0.15) is 0 Å². The van der Waals surface area contributed by atoms with E-state index in [1.807, 2.05) is 0 Å². The molecular formula is C28H44NiP+. The van der Waals surface area contributed by atoms with Crippen LogP contribution in [0.15, 0.2) is 42.5 Å². The number of fused-ring (bicyclic) bond motifs is 1. The van der Waals surface area contributed by atoms with Crippen LogP contribution in [-0.4, -0.2) is 17.0 Å². The molecule has 5 rings (SSSR count). The summed E-state index contributed by atoms with van der Waals surface area (Å²) in [5.74, 6) is 0. The third-order valence-corrected chi connectivity index (χ3v) is 12.3. The van der Waals surface area contributed by atoms with Crippen LogP contribution in [0.2, 0.25) is 0 Å². The Morgan fingerprint density at radius 3 is 1.47 bits per heavy atom. The zero-order chi connectivity index (χ0) is 19.0. The Morgan fingerprint density at radius 1 is 0.600 bits per heavy atom. The summed E-state index contributed by atoms with van der Waals surface area (Å²) >= 11 is 0. The SMILES string of the molecule is C1CCC([PH+](C2CCCCC2)C2CCCCC2)CC1.[CH3-].[Ni+2].c1ccc2[cH-]ccc2c1. The first kappa shape index (κ1) is 26.0. The molecule has 0 aromatic heterocycles. The molecule has 2 heteroatoms. The van der Waals surface area contributed by atoms with Gasteiger partial charge in [0.25, 0.3) is 0 Å². The van der Waals surface area contributed by atoms with E-state index < -0.39 is 0 Å². The summed E-state index contributed by atoms with van der Waals surface area (Å²) in [4.78, 5) is 0. The standard InChI is InChI=1S/C18H33P.C9H7.CH3.Ni/c1-4-10-16(11-5-1)19(17-12-6-2-7-13-17)18-14-8-3-9-15-18;1-2-5-9-7-3-6-8(9)4-1;;/h16-18H,1-15H2;1-7H;1H3;/q;2*-1;+2/p+1. The largest absolute Gasteiger partial charge is 2.00 e. The molecule has 0 bridgehead atoms. The molecule has 0 aliphatic heterocycles. The molecule has 0 unspecified atom stereocenters. The minimum Gasteiger partial charge on any atom is -0.358 e. The van der Waals surface area contributed by atoms with E-state index in [1.165, 1.54) is 27.7 Å². The van der Waals surface area contributed by atoms with E-state index in [9.17, 15) is 0 Å². The van der Waals surface area contributed by atoms with Gasteiger partial charge in [-0.2, -0.15) is 17.5 Å². The normalized spacial score (nSPS) is 21.4. The predicted molar refractivity (Wildman–Crippen MR) is 135 cm³/mol. The van der Waals surface area contributed by atoms with Crippen molar-refractivity contribution in [2.24, 2.45) is 0 Å². The minimum absolute atomic E-state index is 0. The second-order valence-corrected chi connectivity index (χ2v) is 13.1. The first-order valence-electron chi connectivity index (χ1n) is 12.4. The van der Waals surface area contributed by atoms with Crippen LogP contribution in [0, 0.1) is 7.43 Å². The van der Waals surface area contributed by atoms with Gasteiger partial charge in [-0.3, -0.25) is 0 Å². The van der Waals surface area contributed by atoms with Gasteiger partial charge in [0.15, 0.2) is 0 Å². The van der Waals surface area contributed by atoms with Crippen LogP contribution < -0.4 is 0 Å². The maximum Gasteiger partial charge on any atom is 2.00 e. The van der Waals surface area contributed by atoms with Crippen molar-refractivity contribution in [2.45, 2.75) is 113 Å². The molecule has 30 heavy (non-hydrogen) atoms. The summed E-state index contributed by atoms with van der Waals surface area (Å²) < 4.78 is 0. The fourth-order valence-corrected chi connectivity index (χ4v) is 11.6. The number of hydrogen-bond donors (Lipinski definition) is 0. The number of hydrogen-bond acceptors (Lipinski definition) is 0. The van der Waals surface area contributed by atoms with Crippen molar-refractivity contribution < 1.29 is 16.5 Å². The minimum atomic E-state index is -0.0465. The molecule has 0 N–H and O–H groups in total. The summed E-state index contributed by atoms with van der Waals surface area (Å²) in [6.45, 7) is 0. The quantitative estimate of drug-likeness (QED) is 0.238. The molecule has 3 aliphatic carbocycles. The molecule has 2 aromatic carbocycles. The van der Waals surface area contributed by atoms with Gasteiger partial charge in [0.2, 0.25) is 0 Å². The van der Waals surface area contributed by atoms with Crippen molar-refractivity contribution in [3.05, 3.63) is 49.9 Å². The first-order chi connectivity index (χ1) is 13.9. The van der Waals surface area contributed by atoms with Crippen molar-refractivity contribution in [3.63, 3.8) is 0 Å². The van der Waals surface area contributed by atoms with Crippen LogP contribution >= 0.6 is 7.92 Å². The molecule has 2 aromatic rings. The van der Waals surface area contributed by atoms with Crippen LogP contribution in [0.3, 0.4) is 0 Å². The van der Waals surface area contributed by atoms with Crippen LogP contribution in [0.5, 0.6) is 0 Å². The Hall–Kier alpha value is -0.246. The molecule has 0 atom stereocenters. The summed E-state index contributed by atoms with van der Waals surface area (Å²) in [5, 5.41) is 2.66. The Labute approximate surface area is 198 Å². The summed E-state index contributed by atoms with van der Waals surface area (Å²) in [7, 11) is -0.0465. The summed E-state index contributed by atoms with van der Waals surface area (Å²) in [6.07, 6.45) is 23.8. The van der Waals surface area contributed by atoms with E-state index >= 15 is 0 Å². The van der Waals surface area contributed by atoms with E-state index in [4.69, 9.17) is 0 Å². The fourth-order valence-electron chi connectivity index (χ4n) is 6.38. The Balaban J connectivity index is 0.000000246. The molecule has 0 spiro atoms. The van der Waals surface area contributed by atoms with E-state index in [1.54, 1.807) is 96.3 Å². The van der Waals surface area contributed by atoms with Crippen molar-refractivity contribution in [3.8, 4) is 0 Å². The third kappa shape index (κ3) is 7.14. The maximum atomic E-state index is 2.12. The van der Waals surface area contributed by atoms with Gasteiger partial charge >= 0.3 is 16.5 Å². The van der Waals surface area contributed by atoms with Crippen LogP contribution in [0.1, 0.15) is 96.3 Å². The summed E-state index contributed by atoms with van der Waals surface area (Å²) in [6, 6.07) is 14.7. The monoisotopic (exact) mass is 469 g/mol. The van der Waals surface area contributed by atoms with Gasteiger partial charge in [-0.05, 0) is 77.0 Å². The second-order valence-electron chi connectivity index (χ2n) is 9.66. The fraction of sp³-hybridized carbons (Fsp3) is 0.643. The van der Waals surface area contributed by atoms with Gasteiger partial charge in [-0.25, -0.2) is 0 Å². The molecule has 3 saturated carbocycles. The maximum absolute atomic E-state index is 2.12. The van der Waals surface area contributed by atoms with Gasteiger partial charge < -0.3 is 7.43 Å². The molecule has 3 fully saturated rings. The first-order valence-corrected chi connectivity index (χ1v) is 14.1. The molecule has 0 radical (unpaired) electrons. The summed E-state index contributed by atoms with van der Waals surface area (Å²) in [5.41, 5.74) is 3.68. The Kier molecular flexibility index (Phi) is 12.2.